The average molecular weight is 341 g/mol. The molecule has 0 aliphatic rings. The van der Waals surface area contributed by atoms with Crippen molar-refractivity contribution < 1.29 is 14.6 Å². The summed E-state index contributed by atoms with van der Waals surface area (Å²) in [7, 11) is 1.55. The highest BCUT2D eigenvalue weighted by Crippen LogP contribution is 2.22. The molecule has 0 saturated heterocycles. The largest absolute Gasteiger partial charge is 0.496 e. The summed E-state index contributed by atoms with van der Waals surface area (Å²) in [4.78, 5) is 12.6. The van der Waals surface area contributed by atoms with E-state index in [-0.39, 0.29) is 12.6 Å². The number of thiophene rings is 1. The van der Waals surface area contributed by atoms with Crippen LogP contribution < -0.4 is 15.4 Å². The molecule has 3 N–H and O–H groups in total. The van der Waals surface area contributed by atoms with Gasteiger partial charge in [0.15, 0.2) is 0 Å². The van der Waals surface area contributed by atoms with Crippen LogP contribution >= 0.6 is 22.9 Å². The zero-order valence-electron chi connectivity index (χ0n) is 12.0. The number of aliphatic hydroxyl groups excluding tert-OH is 1. The molecule has 2 rings (SSSR count). The molecular weight excluding hydrogens is 324 g/mol. The Morgan fingerprint density at radius 1 is 1.41 bits per heavy atom. The molecule has 7 heteroatoms. The van der Waals surface area contributed by atoms with Crippen molar-refractivity contribution in [2.45, 2.75) is 12.6 Å². The molecule has 0 fully saturated rings. The van der Waals surface area contributed by atoms with Gasteiger partial charge in [-0.1, -0.05) is 23.7 Å². The van der Waals surface area contributed by atoms with Gasteiger partial charge in [0, 0.05) is 22.0 Å². The van der Waals surface area contributed by atoms with Crippen LogP contribution in [0.1, 0.15) is 16.5 Å². The molecule has 2 aromatic rings. The Kier molecular flexibility index (Phi) is 6.06. The van der Waals surface area contributed by atoms with Gasteiger partial charge < -0.3 is 20.5 Å². The van der Waals surface area contributed by atoms with Gasteiger partial charge in [0.2, 0.25) is 0 Å². The van der Waals surface area contributed by atoms with Crippen LogP contribution in [0.25, 0.3) is 0 Å². The first kappa shape index (κ1) is 16.6. The fourth-order valence-corrected chi connectivity index (χ4v) is 2.75. The fraction of sp³-hybridized carbons (Fsp3) is 0.267. The highest BCUT2D eigenvalue weighted by molar-refractivity contribution is 7.10. The van der Waals surface area contributed by atoms with Crippen LogP contribution in [0.2, 0.25) is 5.02 Å². The second-order valence-corrected chi connectivity index (χ2v) is 5.97. The molecule has 1 atom stereocenters. The van der Waals surface area contributed by atoms with Crippen molar-refractivity contribution in [2.24, 2.45) is 0 Å². The Hall–Kier alpha value is -1.76. The van der Waals surface area contributed by atoms with E-state index < -0.39 is 6.10 Å². The van der Waals surface area contributed by atoms with E-state index in [1.54, 1.807) is 25.3 Å². The summed E-state index contributed by atoms with van der Waals surface area (Å²) in [5, 5.41) is 17.7. The fourth-order valence-electron chi connectivity index (χ4n) is 1.87. The van der Waals surface area contributed by atoms with Gasteiger partial charge in [-0.15, -0.1) is 11.3 Å². The third-order valence-corrected chi connectivity index (χ3v) is 4.22. The lowest BCUT2D eigenvalue weighted by Gasteiger charge is -2.13. The van der Waals surface area contributed by atoms with Crippen molar-refractivity contribution in [1.29, 1.82) is 0 Å². The Labute approximate surface area is 137 Å². The average Bonchev–Trinajstić information content (AvgIpc) is 3.05. The van der Waals surface area contributed by atoms with E-state index >= 15 is 0 Å². The quantitative estimate of drug-likeness (QED) is 0.757. The smallest absolute Gasteiger partial charge is 0.315 e. The van der Waals surface area contributed by atoms with E-state index in [0.717, 1.165) is 10.4 Å². The van der Waals surface area contributed by atoms with Crippen LogP contribution in [0.4, 0.5) is 4.79 Å². The van der Waals surface area contributed by atoms with Crippen molar-refractivity contribution in [2.75, 3.05) is 13.7 Å². The van der Waals surface area contributed by atoms with Gasteiger partial charge in [-0.3, -0.25) is 0 Å². The van der Waals surface area contributed by atoms with Crippen LogP contribution in [-0.2, 0) is 6.54 Å². The Bertz CT molecular complexity index is 619. The number of aliphatic hydroxyl groups is 1. The zero-order chi connectivity index (χ0) is 15.9. The topological polar surface area (TPSA) is 70.6 Å². The molecule has 1 heterocycles. The lowest BCUT2D eigenvalue weighted by Crippen LogP contribution is -2.37. The number of methoxy groups -OCH3 is 1. The second kappa shape index (κ2) is 8.03. The minimum Gasteiger partial charge on any atom is -0.496 e. The summed E-state index contributed by atoms with van der Waals surface area (Å²) in [5.74, 6) is 0.617. The predicted octanol–water partition coefficient (Wildman–Crippen LogP) is 2.94. The number of rotatable bonds is 6. The van der Waals surface area contributed by atoms with Crippen molar-refractivity contribution in [1.82, 2.24) is 10.6 Å². The lowest BCUT2D eigenvalue weighted by atomic mass is 10.2. The number of urea groups is 1. The molecule has 1 aromatic heterocycles. The van der Waals surface area contributed by atoms with Crippen LogP contribution in [-0.4, -0.2) is 24.8 Å². The molecular formula is C15H17ClN2O3S. The number of carbonyl (C=O) groups excluding carboxylic acids is 1. The molecule has 0 aliphatic heterocycles. The standard InChI is InChI=1S/C15H17ClN2O3S/c1-21-13-7-11(16)5-4-10(13)8-17-15(20)18-9-12(19)14-3-2-6-22-14/h2-7,12,19H,8-9H2,1H3,(H2,17,18,20)/t12-/m0/s1. The zero-order valence-corrected chi connectivity index (χ0v) is 13.6. The first-order valence-corrected chi connectivity index (χ1v) is 7.91. The number of hydrogen-bond donors (Lipinski definition) is 3. The number of halogens is 1. The second-order valence-electron chi connectivity index (χ2n) is 4.55. The highest BCUT2D eigenvalue weighted by atomic mass is 35.5. The van der Waals surface area contributed by atoms with Crippen molar-refractivity contribution in [3.63, 3.8) is 0 Å². The molecule has 22 heavy (non-hydrogen) atoms. The third-order valence-electron chi connectivity index (χ3n) is 3.02. The molecule has 2 amide bonds. The van der Waals surface area contributed by atoms with Gasteiger partial charge in [0.05, 0.1) is 13.7 Å². The van der Waals surface area contributed by atoms with Gasteiger partial charge >= 0.3 is 6.03 Å². The van der Waals surface area contributed by atoms with Crippen molar-refractivity contribution in [3.05, 3.63) is 51.2 Å². The number of amides is 2. The Morgan fingerprint density at radius 2 is 2.23 bits per heavy atom. The van der Waals surface area contributed by atoms with E-state index in [1.165, 1.54) is 11.3 Å². The molecule has 1 aromatic carbocycles. The van der Waals surface area contributed by atoms with Gasteiger partial charge in [-0.2, -0.15) is 0 Å². The summed E-state index contributed by atoms with van der Waals surface area (Å²) < 4.78 is 5.21. The van der Waals surface area contributed by atoms with E-state index in [9.17, 15) is 9.90 Å². The maximum Gasteiger partial charge on any atom is 0.315 e. The minimum absolute atomic E-state index is 0.157. The highest BCUT2D eigenvalue weighted by Gasteiger charge is 2.11. The van der Waals surface area contributed by atoms with Gasteiger partial charge in [-0.05, 0) is 23.6 Å². The number of hydrogen-bond acceptors (Lipinski definition) is 4. The summed E-state index contributed by atoms with van der Waals surface area (Å²) in [6, 6.07) is 8.55. The van der Waals surface area contributed by atoms with Gasteiger partial charge in [-0.25, -0.2) is 4.79 Å². The van der Waals surface area contributed by atoms with E-state index in [1.807, 2.05) is 17.5 Å². The van der Waals surface area contributed by atoms with Crippen molar-refractivity contribution in [3.8, 4) is 5.75 Å². The Morgan fingerprint density at radius 3 is 2.91 bits per heavy atom. The van der Waals surface area contributed by atoms with E-state index in [2.05, 4.69) is 10.6 Å². The summed E-state index contributed by atoms with van der Waals surface area (Å²) >= 11 is 7.33. The van der Waals surface area contributed by atoms with Crippen molar-refractivity contribution >= 4 is 29.0 Å². The first-order chi connectivity index (χ1) is 10.6. The van der Waals surface area contributed by atoms with E-state index in [4.69, 9.17) is 16.3 Å². The number of carbonyl (C=O) groups is 1. The molecule has 0 aliphatic carbocycles. The summed E-state index contributed by atoms with van der Waals surface area (Å²) in [6.45, 7) is 0.464. The van der Waals surface area contributed by atoms with Crippen LogP contribution in [0.5, 0.6) is 5.75 Å². The molecule has 0 unspecified atom stereocenters. The maximum atomic E-state index is 11.8. The monoisotopic (exact) mass is 340 g/mol. The number of ether oxygens (including phenoxy) is 1. The predicted molar refractivity (Wildman–Crippen MR) is 87.5 cm³/mol. The van der Waals surface area contributed by atoms with E-state index in [0.29, 0.717) is 17.3 Å². The van der Waals surface area contributed by atoms with Crippen LogP contribution in [0.3, 0.4) is 0 Å². The molecule has 0 bridgehead atoms. The normalized spacial score (nSPS) is 11.8. The molecule has 0 saturated carbocycles. The van der Waals surface area contributed by atoms with Crippen LogP contribution in [0, 0.1) is 0 Å². The SMILES string of the molecule is COc1cc(Cl)ccc1CNC(=O)NC[C@H](O)c1cccs1. The molecule has 0 spiro atoms. The molecule has 118 valence electrons. The summed E-state index contributed by atoms with van der Waals surface area (Å²) in [5.41, 5.74) is 0.820. The molecule has 5 nitrogen and oxygen atoms in total. The molecule has 0 radical (unpaired) electrons. The number of nitrogens with one attached hydrogen (secondary N) is 2. The minimum atomic E-state index is -0.698. The van der Waals surface area contributed by atoms with Gasteiger partial charge in [0.1, 0.15) is 11.9 Å². The lowest BCUT2D eigenvalue weighted by molar-refractivity contribution is 0.176. The maximum absolute atomic E-state index is 11.8. The Balaban J connectivity index is 1.80. The summed E-state index contributed by atoms with van der Waals surface area (Å²) in [6.07, 6.45) is -0.698. The third kappa shape index (κ3) is 4.62. The van der Waals surface area contributed by atoms with Gasteiger partial charge in [0.25, 0.3) is 0 Å². The first-order valence-electron chi connectivity index (χ1n) is 6.65. The van der Waals surface area contributed by atoms with Crippen LogP contribution in [0.15, 0.2) is 35.7 Å². The number of benzene rings is 1.